The molecule has 0 amide bonds. The molecule has 0 aromatic rings. The van der Waals surface area contributed by atoms with Crippen molar-refractivity contribution in [2.45, 2.75) is 6.18 Å². The molecule has 0 aromatic heterocycles. The fourth-order valence-electron chi connectivity index (χ4n) is 0.105. The quantitative estimate of drug-likeness (QED) is 0.593. The Morgan fingerprint density at radius 3 is 2.12 bits per heavy atom. The van der Waals surface area contributed by atoms with Gasteiger partial charge in [-0.1, -0.05) is 0 Å². The molecule has 0 saturated heterocycles. The molecule has 0 aliphatic rings. The van der Waals surface area contributed by atoms with Gasteiger partial charge in [0.25, 0.3) is 0 Å². The predicted molar refractivity (Wildman–Crippen MR) is 21.6 cm³/mol. The van der Waals surface area contributed by atoms with E-state index >= 15 is 0 Å². The van der Waals surface area contributed by atoms with Crippen LogP contribution in [0.2, 0.25) is 0 Å². The molecule has 0 radical (unpaired) electrons. The van der Waals surface area contributed by atoms with E-state index in [1.165, 1.54) is 0 Å². The lowest BCUT2D eigenvalue weighted by Crippen LogP contribution is -2.13. The zero-order valence-electron chi connectivity index (χ0n) is 3.70. The predicted octanol–water partition coefficient (Wildman–Crippen LogP) is 2.19. The Balaban J connectivity index is 3.24. The normalized spacial score (nSPS) is 12.4. The third kappa shape index (κ3) is 5.85. The summed E-state index contributed by atoms with van der Waals surface area (Å²) in [5.74, 6) is 0. The Bertz CT molecular complexity index is 81.8. The van der Waals surface area contributed by atoms with Crippen LogP contribution in [0.25, 0.3) is 0 Å². The fraction of sp³-hybridized carbons (Fsp3) is 1.00. The molecule has 48 valence electrons. The van der Waals surface area contributed by atoms with E-state index in [1.54, 1.807) is 0 Å². The summed E-state index contributed by atoms with van der Waals surface area (Å²) in [6, 6.07) is 0. The lowest BCUT2D eigenvalue weighted by atomic mass is 10.7. The molecule has 0 bridgehead atoms. The van der Waals surface area contributed by atoms with Crippen molar-refractivity contribution in [2.75, 3.05) is 6.61 Å². The fourth-order valence-corrected chi connectivity index (χ4v) is 0.316. The minimum Gasteiger partial charge on any atom is -0.302 e. The molecule has 6 heteroatoms. The van der Waals surface area contributed by atoms with Crippen LogP contribution in [0.15, 0.2) is 0 Å². The van der Waals surface area contributed by atoms with E-state index in [-0.39, 0.29) is 0 Å². The van der Waals surface area contributed by atoms with E-state index in [9.17, 15) is 13.2 Å². The van der Waals surface area contributed by atoms with Gasteiger partial charge in [-0.05, 0) is 0 Å². The molecular weight excluding hydrogens is 142 g/mol. The molecule has 0 fully saturated rings. The maximum absolute atomic E-state index is 11.0. The van der Waals surface area contributed by atoms with Gasteiger partial charge in [-0.3, -0.25) is 5.16 Å². The summed E-state index contributed by atoms with van der Waals surface area (Å²) >= 11 is 0. The van der Waals surface area contributed by atoms with Crippen molar-refractivity contribution in [3.05, 3.63) is 0 Å². The van der Waals surface area contributed by atoms with Crippen LogP contribution >= 0.6 is 8.60 Å². The Morgan fingerprint density at radius 2 is 2.00 bits per heavy atom. The van der Waals surface area contributed by atoms with E-state index < -0.39 is 21.4 Å². The second-order valence-corrected chi connectivity index (χ2v) is 1.42. The Morgan fingerprint density at radius 1 is 1.50 bits per heavy atom. The summed E-state index contributed by atoms with van der Waals surface area (Å²) in [4.78, 5) is 0. The first kappa shape index (κ1) is 7.85. The van der Waals surface area contributed by atoms with E-state index in [2.05, 4.69) is 4.52 Å². The molecule has 0 saturated carbocycles. The summed E-state index contributed by atoms with van der Waals surface area (Å²) < 4.78 is 36.8. The van der Waals surface area contributed by atoms with Crippen LogP contribution in [-0.2, 0) is 4.52 Å². The van der Waals surface area contributed by atoms with E-state index in [4.69, 9.17) is 5.16 Å². The minimum absolute atomic E-state index is 0.440. The average molecular weight is 145 g/mol. The molecule has 0 aromatic carbocycles. The highest BCUT2D eigenvalue weighted by Crippen LogP contribution is 2.16. The van der Waals surface area contributed by atoms with E-state index in [0.717, 1.165) is 0 Å². The van der Waals surface area contributed by atoms with Gasteiger partial charge in [-0.2, -0.15) is 13.2 Å². The van der Waals surface area contributed by atoms with Crippen LogP contribution in [-0.4, -0.2) is 12.8 Å². The summed E-state index contributed by atoms with van der Waals surface area (Å²) in [5.41, 5.74) is 0. The van der Waals surface area contributed by atoms with E-state index in [1.807, 2.05) is 0 Å². The van der Waals surface area contributed by atoms with Gasteiger partial charge in [0.15, 0.2) is 15.2 Å². The average Bonchev–Trinajstić information content (AvgIpc) is 1.59. The van der Waals surface area contributed by atoms with Gasteiger partial charge in [-0.25, -0.2) is 0 Å². The van der Waals surface area contributed by atoms with Crippen LogP contribution in [0, 0.1) is 5.16 Å². The zero-order chi connectivity index (χ0) is 6.62. The van der Waals surface area contributed by atoms with Crippen LogP contribution in [0.3, 0.4) is 0 Å². The highest BCUT2D eigenvalue weighted by Gasteiger charge is 2.27. The summed E-state index contributed by atoms with van der Waals surface area (Å²) in [7, 11) is -0.440. The lowest BCUT2D eigenvalue weighted by molar-refractivity contribution is -0.151. The third-order valence-corrected chi connectivity index (χ3v) is 0.551. The van der Waals surface area contributed by atoms with Crippen molar-refractivity contribution < 1.29 is 17.7 Å². The number of rotatable bonds is 2. The highest BCUT2D eigenvalue weighted by molar-refractivity contribution is 7.18. The van der Waals surface area contributed by atoms with Crippen LogP contribution < -0.4 is 0 Å². The first-order chi connectivity index (χ1) is 3.56. The largest absolute Gasteiger partial charge is 0.412 e. The topological polar surface area (TPSA) is 33.1 Å². The molecule has 2 nitrogen and oxygen atoms in total. The molecule has 8 heavy (non-hydrogen) atoms. The number of hydrogen-bond donors (Lipinski definition) is 1. The Kier molecular flexibility index (Phi) is 2.94. The molecule has 0 unspecified atom stereocenters. The maximum Gasteiger partial charge on any atom is 0.412 e. The number of halogens is 3. The standard InChI is InChI=1S/C2H3F3NOP/c3-2(4,5)1-7-8-6/h6H,1H2. The van der Waals surface area contributed by atoms with Gasteiger partial charge >= 0.3 is 6.18 Å². The SMILES string of the molecule is N=POCC(F)(F)F. The Labute approximate surface area is 45.4 Å². The third-order valence-electron chi connectivity index (χ3n) is 0.293. The van der Waals surface area contributed by atoms with Crippen LogP contribution in [0.4, 0.5) is 13.2 Å². The summed E-state index contributed by atoms with van der Waals surface area (Å²) in [6.07, 6.45) is -4.30. The molecule has 0 rings (SSSR count). The van der Waals surface area contributed by atoms with Crippen molar-refractivity contribution in [1.29, 1.82) is 5.16 Å². The van der Waals surface area contributed by atoms with Gasteiger partial charge in [0.05, 0.1) is 0 Å². The van der Waals surface area contributed by atoms with Crippen LogP contribution in [0.5, 0.6) is 0 Å². The molecule has 1 N–H and O–H groups in total. The van der Waals surface area contributed by atoms with Crippen molar-refractivity contribution in [1.82, 2.24) is 0 Å². The zero-order valence-corrected chi connectivity index (χ0v) is 4.59. The second-order valence-electron chi connectivity index (χ2n) is 0.980. The Hall–Kier alpha value is -0.150. The van der Waals surface area contributed by atoms with Crippen LogP contribution in [0.1, 0.15) is 0 Å². The van der Waals surface area contributed by atoms with Crippen molar-refractivity contribution in [2.24, 2.45) is 0 Å². The highest BCUT2D eigenvalue weighted by atomic mass is 31.1. The van der Waals surface area contributed by atoms with Gasteiger partial charge in [0, 0.05) is 0 Å². The summed E-state index contributed by atoms with van der Waals surface area (Å²) in [6.45, 7) is -1.34. The minimum atomic E-state index is -4.30. The first-order valence-electron chi connectivity index (χ1n) is 1.62. The van der Waals surface area contributed by atoms with Crippen molar-refractivity contribution in [3.8, 4) is 0 Å². The molecular formula is C2H3F3NOP. The van der Waals surface area contributed by atoms with Gasteiger partial charge in [0.2, 0.25) is 0 Å². The van der Waals surface area contributed by atoms with Gasteiger partial charge < -0.3 is 4.52 Å². The maximum atomic E-state index is 11.0. The lowest BCUT2D eigenvalue weighted by Gasteiger charge is -2.00. The van der Waals surface area contributed by atoms with Crippen molar-refractivity contribution in [3.63, 3.8) is 0 Å². The molecule has 0 aliphatic heterocycles. The molecule has 0 aliphatic carbocycles. The molecule has 0 spiro atoms. The van der Waals surface area contributed by atoms with Gasteiger partial charge in [0.1, 0.15) is 0 Å². The summed E-state index contributed by atoms with van der Waals surface area (Å²) in [5, 5.41) is 6.13. The monoisotopic (exact) mass is 145 g/mol. The second kappa shape index (κ2) is 2.99. The van der Waals surface area contributed by atoms with E-state index in [0.29, 0.717) is 0 Å². The molecule has 0 heterocycles. The smallest absolute Gasteiger partial charge is 0.302 e. The number of alkyl halides is 3. The van der Waals surface area contributed by atoms with Gasteiger partial charge in [-0.15, -0.1) is 0 Å². The molecule has 0 atom stereocenters. The number of hydrogen-bond acceptors (Lipinski definition) is 2. The number of nitrogens with one attached hydrogen (secondary N) is 1. The first-order valence-corrected chi connectivity index (χ1v) is 2.43. The van der Waals surface area contributed by atoms with Crippen molar-refractivity contribution >= 4 is 8.60 Å².